The number of halogens is 1. The molecule has 0 spiro atoms. The Balaban J connectivity index is 1.28. The van der Waals surface area contributed by atoms with Crippen LogP contribution in [-0.2, 0) is 17.6 Å². The second-order valence-corrected chi connectivity index (χ2v) is 19.0. The molecule has 0 saturated heterocycles. The molecular formula is C39H48FN4O5Si+. The third kappa shape index (κ3) is 9.26. The number of nitrogens with one attached hydrogen (secondary N) is 1. The van der Waals surface area contributed by atoms with Crippen molar-refractivity contribution in [2.24, 2.45) is 5.73 Å². The molecule has 264 valence electrons. The summed E-state index contributed by atoms with van der Waals surface area (Å²) in [7, 11) is -2.00. The molecule has 9 nitrogen and oxygen atoms in total. The summed E-state index contributed by atoms with van der Waals surface area (Å²) in [5, 5.41) is 3.48. The van der Waals surface area contributed by atoms with Crippen molar-refractivity contribution in [2.75, 3.05) is 18.5 Å². The number of carbonyl (C=O) groups is 2. The molecule has 3 aromatic carbocycles. The Labute approximate surface area is 295 Å². The largest absolute Gasteiger partial charge is 0.544 e. The average molecular weight is 700 g/mol. The lowest BCUT2D eigenvalue weighted by Gasteiger charge is -2.36. The zero-order chi connectivity index (χ0) is 35.9. The number of hydrogen-bond donors (Lipinski definition) is 2. The molecule has 0 bridgehead atoms. The Morgan fingerprint density at radius 3 is 2.32 bits per heavy atom. The fourth-order valence-corrected chi connectivity index (χ4v) is 6.57. The standard InChI is InChI=1S/C39H47FN4O5Si/c1-39(2,3)50(4,5)49-30-18-16-29(17-19-30)34-26-44-36(32(42-34)24-27-13-9-8-10-14-27)43-33(37(44)45)25-28-15-20-35(31(40)23-28)47-21-11-6-7-12-22-48-38(41)46/h8-10,13-20,23,26,33H,6-7,11-12,21-22,24-25H2,1-5H3,(H2,41,46)/p+1. The molecule has 0 radical (unpaired) electrons. The van der Waals surface area contributed by atoms with Crippen molar-refractivity contribution in [3.63, 3.8) is 0 Å². The van der Waals surface area contributed by atoms with Crippen LogP contribution < -0.4 is 24.8 Å². The van der Waals surface area contributed by atoms with Gasteiger partial charge in [0.2, 0.25) is 8.32 Å². The molecule has 11 heteroatoms. The molecule has 0 fully saturated rings. The number of ether oxygens (including phenoxy) is 2. The van der Waals surface area contributed by atoms with E-state index in [-0.39, 0.29) is 16.7 Å². The summed E-state index contributed by atoms with van der Waals surface area (Å²) >= 11 is 0. The van der Waals surface area contributed by atoms with Gasteiger partial charge in [-0.25, -0.2) is 19.0 Å². The minimum atomic E-state index is -2.00. The molecular weight excluding hydrogens is 652 g/mol. The molecule has 4 aromatic rings. The number of hydrogen-bond acceptors (Lipinski definition) is 7. The van der Waals surface area contributed by atoms with Gasteiger partial charge in [-0.1, -0.05) is 57.2 Å². The smallest absolute Gasteiger partial charge is 0.404 e. The Bertz CT molecular complexity index is 1800. The van der Waals surface area contributed by atoms with Gasteiger partial charge in [-0.15, -0.1) is 0 Å². The topological polar surface area (TPSA) is 117 Å². The first-order chi connectivity index (χ1) is 23.8. The molecule has 0 aliphatic carbocycles. The van der Waals surface area contributed by atoms with Crippen LogP contribution in [0.4, 0.5) is 15.0 Å². The third-order valence-electron chi connectivity index (χ3n) is 9.39. The zero-order valence-electron chi connectivity index (χ0n) is 29.6. The van der Waals surface area contributed by atoms with Crippen molar-refractivity contribution >= 4 is 26.1 Å². The lowest BCUT2D eigenvalue weighted by Crippen LogP contribution is -2.44. The van der Waals surface area contributed by atoms with E-state index in [0.717, 1.165) is 41.8 Å². The number of amides is 1. The van der Waals surface area contributed by atoms with Crippen LogP contribution in [0.25, 0.3) is 11.3 Å². The van der Waals surface area contributed by atoms with Crippen LogP contribution in [-0.4, -0.2) is 44.6 Å². The van der Waals surface area contributed by atoms with Gasteiger partial charge in [0.25, 0.3) is 0 Å². The van der Waals surface area contributed by atoms with E-state index in [1.54, 1.807) is 22.9 Å². The summed E-state index contributed by atoms with van der Waals surface area (Å²) in [6.45, 7) is 11.7. The number of primary amides is 1. The highest BCUT2D eigenvalue weighted by atomic mass is 28.4. The zero-order valence-corrected chi connectivity index (χ0v) is 30.6. The maximum Gasteiger partial charge on any atom is 0.404 e. The van der Waals surface area contributed by atoms with E-state index in [9.17, 15) is 9.59 Å². The average Bonchev–Trinajstić information content (AvgIpc) is 3.38. The minimum absolute atomic E-state index is 0.0778. The molecule has 1 amide bonds. The van der Waals surface area contributed by atoms with Crippen LogP contribution >= 0.6 is 0 Å². The van der Waals surface area contributed by atoms with Crippen molar-refractivity contribution in [3.05, 3.63) is 102 Å². The monoisotopic (exact) mass is 699 g/mol. The van der Waals surface area contributed by atoms with E-state index in [4.69, 9.17) is 24.6 Å². The van der Waals surface area contributed by atoms with Gasteiger partial charge in [0.15, 0.2) is 17.6 Å². The maximum absolute atomic E-state index is 15.0. The number of anilines is 1. The summed E-state index contributed by atoms with van der Waals surface area (Å²) in [5.74, 6) is 1.05. The lowest BCUT2D eigenvalue weighted by molar-refractivity contribution is -0.552. The number of aromatic nitrogens is 2. The van der Waals surface area contributed by atoms with Crippen molar-refractivity contribution < 1.29 is 32.4 Å². The molecule has 5 rings (SSSR count). The van der Waals surface area contributed by atoms with Crippen molar-refractivity contribution in [1.29, 1.82) is 0 Å². The predicted octanol–water partition coefficient (Wildman–Crippen LogP) is 7.86. The highest BCUT2D eigenvalue weighted by Crippen LogP contribution is 2.37. The number of rotatable bonds is 15. The van der Waals surface area contributed by atoms with E-state index >= 15 is 4.39 Å². The Morgan fingerprint density at radius 1 is 0.960 bits per heavy atom. The Kier molecular flexibility index (Phi) is 11.6. The normalized spacial score (nSPS) is 14.2. The van der Waals surface area contributed by atoms with Crippen LogP contribution in [0, 0.1) is 5.82 Å². The van der Waals surface area contributed by atoms with E-state index in [0.29, 0.717) is 49.6 Å². The quantitative estimate of drug-likeness (QED) is 0.0737. The molecule has 50 heavy (non-hydrogen) atoms. The third-order valence-corrected chi connectivity index (χ3v) is 13.7. The summed E-state index contributed by atoms with van der Waals surface area (Å²) in [6.07, 6.45) is 5.00. The molecule has 1 atom stereocenters. The van der Waals surface area contributed by atoms with Gasteiger partial charge in [0.05, 0.1) is 13.2 Å². The summed E-state index contributed by atoms with van der Waals surface area (Å²) in [6, 6.07) is 22.2. The van der Waals surface area contributed by atoms with Crippen LogP contribution in [0.2, 0.25) is 18.1 Å². The molecule has 1 aliphatic heterocycles. The number of carbonyl (C=O) groups excluding carboxylic acids is 2. The fourth-order valence-electron chi connectivity index (χ4n) is 5.54. The van der Waals surface area contributed by atoms with Crippen molar-refractivity contribution in [3.8, 4) is 22.8 Å². The lowest BCUT2D eigenvalue weighted by atomic mass is 10.1. The highest BCUT2D eigenvalue weighted by Gasteiger charge is 2.41. The van der Waals surface area contributed by atoms with Gasteiger partial charge in [-0.2, -0.15) is 4.57 Å². The van der Waals surface area contributed by atoms with Crippen LogP contribution in [0.3, 0.4) is 0 Å². The minimum Gasteiger partial charge on any atom is -0.544 e. The van der Waals surface area contributed by atoms with Gasteiger partial charge in [0.1, 0.15) is 23.3 Å². The second kappa shape index (κ2) is 15.8. The first kappa shape index (κ1) is 36.5. The van der Waals surface area contributed by atoms with Crippen molar-refractivity contribution in [2.45, 2.75) is 83.5 Å². The SMILES string of the molecule is CC(C)(C)[Si](C)(C)Oc1ccc(-c2c[n+]3c(c(Cc4ccccc4)n2)NC(Cc2ccc(OCCCCCCOC(N)=O)c(F)c2)C3=O)cc1. The molecule has 1 unspecified atom stereocenters. The van der Waals surface area contributed by atoms with Crippen LogP contribution in [0.5, 0.6) is 11.5 Å². The van der Waals surface area contributed by atoms with E-state index < -0.39 is 26.3 Å². The fraction of sp³-hybridized carbons (Fsp3) is 0.385. The van der Waals surface area contributed by atoms with Gasteiger partial charge in [-0.05, 0) is 91.3 Å². The molecule has 2 heterocycles. The number of benzene rings is 3. The van der Waals surface area contributed by atoms with E-state index in [1.165, 1.54) is 6.07 Å². The highest BCUT2D eigenvalue weighted by molar-refractivity contribution is 6.74. The summed E-state index contributed by atoms with van der Waals surface area (Å²) in [5.41, 5.74) is 9.02. The first-order valence-corrected chi connectivity index (χ1v) is 20.1. The van der Waals surface area contributed by atoms with Gasteiger partial charge >= 0.3 is 17.8 Å². The first-order valence-electron chi connectivity index (χ1n) is 17.2. The number of nitrogens with two attached hydrogens (primary N) is 1. The van der Waals surface area contributed by atoms with E-state index in [1.807, 2.05) is 54.6 Å². The molecule has 3 N–H and O–H groups in total. The Hall–Kier alpha value is -4.77. The molecule has 1 aromatic heterocycles. The molecule has 1 aliphatic rings. The van der Waals surface area contributed by atoms with Gasteiger partial charge in [-0.3, -0.25) is 5.32 Å². The number of unbranched alkanes of at least 4 members (excludes halogenated alkanes) is 3. The number of nitrogens with zero attached hydrogens (tertiary/aromatic N) is 2. The van der Waals surface area contributed by atoms with Crippen molar-refractivity contribution in [1.82, 2.24) is 4.98 Å². The van der Waals surface area contributed by atoms with Crippen LogP contribution in [0.15, 0.2) is 79.0 Å². The maximum atomic E-state index is 15.0. The van der Waals surface area contributed by atoms with Gasteiger partial charge in [0, 0.05) is 18.4 Å². The second-order valence-electron chi connectivity index (χ2n) is 14.3. The number of fused-ring (bicyclic) bond motifs is 1. The summed E-state index contributed by atoms with van der Waals surface area (Å²) < 4.78 is 33.6. The van der Waals surface area contributed by atoms with E-state index in [2.05, 4.69) is 39.2 Å². The predicted molar refractivity (Wildman–Crippen MR) is 195 cm³/mol. The van der Waals surface area contributed by atoms with Crippen LogP contribution in [0.1, 0.15) is 68.1 Å². The van der Waals surface area contributed by atoms with Gasteiger partial charge < -0.3 is 19.6 Å². The Morgan fingerprint density at radius 2 is 1.66 bits per heavy atom. The summed E-state index contributed by atoms with van der Waals surface area (Å²) in [4.78, 5) is 29.5. The molecule has 0 saturated carbocycles.